The molecule has 0 bridgehead atoms. The molecule has 0 aliphatic rings. The first-order valence-corrected chi connectivity index (χ1v) is 15.8. The van der Waals surface area contributed by atoms with Crippen LogP contribution in [0.5, 0.6) is 0 Å². The number of allylic oxidation sites excluding steroid dienone is 1. The molecule has 0 unspecified atom stereocenters. The van der Waals surface area contributed by atoms with E-state index in [1.807, 2.05) is 12.1 Å². The van der Waals surface area contributed by atoms with Crippen molar-refractivity contribution in [2.24, 2.45) is 0 Å². The van der Waals surface area contributed by atoms with Gasteiger partial charge in [-0.2, -0.15) is 0 Å². The lowest BCUT2D eigenvalue weighted by Gasteiger charge is -2.21. The lowest BCUT2D eigenvalue weighted by atomic mass is 9.82. The molecule has 0 amide bonds. The maximum Gasteiger partial charge on any atom is 0.143 e. The predicted molar refractivity (Wildman–Crippen MR) is 198 cm³/mol. The van der Waals surface area contributed by atoms with Gasteiger partial charge in [0, 0.05) is 16.3 Å². The molecule has 8 aromatic rings. The number of hydrogen-bond donors (Lipinski definition) is 0. The fraction of sp³-hybridized carbons (Fsp3) is 0.0222. The lowest BCUT2D eigenvalue weighted by Crippen LogP contribution is -1.97. The highest BCUT2D eigenvalue weighted by atomic mass is 16.3. The molecule has 1 aromatic heterocycles. The van der Waals surface area contributed by atoms with Crippen LogP contribution in [0.4, 0.5) is 0 Å². The highest BCUT2D eigenvalue weighted by Gasteiger charge is 2.23. The summed E-state index contributed by atoms with van der Waals surface area (Å²) < 4.78 is 6.74. The molecule has 218 valence electrons. The Morgan fingerprint density at radius 2 is 1.02 bits per heavy atom. The van der Waals surface area contributed by atoms with Gasteiger partial charge in [-0.15, -0.1) is 0 Å². The van der Waals surface area contributed by atoms with E-state index in [9.17, 15) is 0 Å². The average molecular weight is 589 g/mol. The fourth-order valence-corrected chi connectivity index (χ4v) is 6.97. The zero-order valence-electron chi connectivity index (χ0n) is 25.7. The van der Waals surface area contributed by atoms with Crippen molar-refractivity contribution >= 4 is 44.9 Å². The molecular formula is C45H32O. The van der Waals surface area contributed by atoms with E-state index in [-0.39, 0.29) is 0 Å². The van der Waals surface area contributed by atoms with Crippen molar-refractivity contribution < 1.29 is 4.42 Å². The number of rotatable bonds is 6. The van der Waals surface area contributed by atoms with Crippen molar-refractivity contribution in [3.05, 3.63) is 169 Å². The van der Waals surface area contributed by atoms with Gasteiger partial charge in [-0.3, -0.25) is 0 Å². The maximum absolute atomic E-state index is 6.74. The summed E-state index contributed by atoms with van der Waals surface area (Å²) >= 11 is 0. The molecular weight excluding hydrogens is 556 g/mol. The summed E-state index contributed by atoms with van der Waals surface area (Å²) in [6.45, 7) is 6.42. The molecule has 1 heterocycles. The quantitative estimate of drug-likeness (QED) is 0.188. The minimum Gasteiger partial charge on any atom is -0.455 e. The van der Waals surface area contributed by atoms with Crippen molar-refractivity contribution in [1.29, 1.82) is 0 Å². The van der Waals surface area contributed by atoms with Gasteiger partial charge < -0.3 is 4.42 Å². The largest absolute Gasteiger partial charge is 0.455 e. The first kappa shape index (κ1) is 27.6. The van der Waals surface area contributed by atoms with Gasteiger partial charge in [-0.05, 0) is 79.9 Å². The molecule has 0 fully saturated rings. The Bertz CT molecular complexity index is 2410. The Labute approximate surface area is 269 Å². The van der Waals surface area contributed by atoms with Crippen molar-refractivity contribution in [3.63, 3.8) is 0 Å². The molecule has 1 heteroatoms. The van der Waals surface area contributed by atoms with Crippen LogP contribution in [-0.2, 0) is 0 Å². The summed E-state index contributed by atoms with van der Waals surface area (Å²) in [5, 5.41) is 4.64. The van der Waals surface area contributed by atoms with E-state index in [1.165, 1.54) is 38.6 Å². The van der Waals surface area contributed by atoms with Crippen molar-refractivity contribution in [2.75, 3.05) is 0 Å². The predicted octanol–water partition coefficient (Wildman–Crippen LogP) is 13.1. The SMILES string of the molecule is C=Cc1c(/C=C\C)c(-c2ccc(-c3ccc(-c4ccccc4)cc3)c3oc4ccccc4c23)c2ccccc2c1-c1ccccc1. The first-order valence-electron chi connectivity index (χ1n) is 15.8. The number of furan rings is 1. The number of benzene rings is 7. The minimum absolute atomic E-state index is 0.883. The summed E-state index contributed by atoms with van der Waals surface area (Å²) in [4.78, 5) is 0. The first-order chi connectivity index (χ1) is 22.8. The normalized spacial score (nSPS) is 11.6. The van der Waals surface area contributed by atoms with E-state index >= 15 is 0 Å². The Morgan fingerprint density at radius 1 is 0.478 bits per heavy atom. The smallest absolute Gasteiger partial charge is 0.143 e. The van der Waals surface area contributed by atoms with Gasteiger partial charge in [-0.1, -0.05) is 158 Å². The second kappa shape index (κ2) is 11.5. The summed E-state index contributed by atoms with van der Waals surface area (Å²) in [5.41, 5.74) is 13.4. The third-order valence-electron chi connectivity index (χ3n) is 8.99. The zero-order valence-corrected chi connectivity index (χ0v) is 25.7. The van der Waals surface area contributed by atoms with E-state index in [2.05, 4.69) is 165 Å². The Balaban J connectivity index is 1.44. The molecule has 0 N–H and O–H groups in total. The molecule has 7 aromatic carbocycles. The summed E-state index contributed by atoms with van der Waals surface area (Å²) in [7, 11) is 0. The van der Waals surface area contributed by atoms with Gasteiger partial charge in [0.25, 0.3) is 0 Å². The van der Waals surface area contributed by atoms with Crippen molar-refractivity contribution in [3.8, 4) is 44.5 Å². The number of fused-ring (bicyclic) bond motifs is 4. The van der Waals surface area contributed by atoms with E-state index in [0.29, 0.717) is 0 Å². The highest BCUT2D eigenvalue weighted by Crippen LogP contribution is 2.48. The average Bonchev–Trinajstić information content (AvgIpc) is 3.52. The molecule has 0 aliphatic carbocycles. The maximum atomic E-state index is 6.74. The lowest BCUT2D eigenvalue weighted by molar-refractivity contribution is 0.670. The standard InChI is InChI=1S/C45H32O/c1-3-15-36-34(4-2)42(33-18-9-6-10-19-33)37-20-11-12-21-38(37)43(36)40-29-28-35(45-44(40)39-22-13-14-23-41(39)46-45)32-26-24-31(25-27-32)30-16-7-5-8-17-30/h3-29H,2H2,1H3/b15-3-. The van der Waals surface area contributed by atoms with Crippen LogP contribution in [0.3, 0.4) is 0 Å². The minimum atomic E-state index is 0.883. The molecule has 0 atom stereocenters. The monoisotopic (exact) mass is 588 g/mol. The van der Waals surface area contributed by atoms with Crippen LogP contribution < -0.4 is 0 Å². The Hall–Kier alpha value is -5.92. The van der Waals surface area contributed by atoms with E-state index in [1.54, 1.807) is 0 Å². The van der Waals surface area contributed by atoms with Crippen LogP contribution in [-0.4, -0.2) is 0 Å². The molecule has 0 saturated heterocycles. The van der Waals surface area contributed by atoms with Gasteiger partial charge in [0.05, 0.1) is 0 Å². The Kier molecular flexibility index (Phi) is 6.93. The summed E-state index contributed by atoms with van der Waals surface area (Å²) in [6.07, 6.45) is 6.37. The second-order valence-electron chi connectivity index (χ2n) is 11.6. The third-order valence-corrected chi connectivity index (χ3v) is 8.99. The molecule has 46 heavy (non-hydrogen) atoms. The molecule has 0 radical (unpaired) electrons. The van der Waals surface area contributed by atoms with E-state index in [0.717, 1.165) is 49.8 Å². The van der Waals surface area contributed by atoms with Crippen molar-refractivity contribution in [1.82, 2.24) is 0 Å². The molecule has 8 rings (SSSR count). The topological polar surface area (TPSA) is 13.1 Å². The fourth-order valence-electron chi connectivity index (χ4n) is 6.97. The van der Waals surface area contributed by atoms with Crippen LogP contribution in [0.1, 0.15) is 18.1 Å². The zero-order chi connectivity index (χ0) is 31.0. The summed E-state index contributed by atoms with van der Waals surface area (Å²) in [5.74, 6) is 0. The van der Waals surface area contributed by atoms with E-state index in [4.69, 9.17) is 4.42 Å². The van der Waals surface area contributed by atoms with Crippen LogP contribution in [0.25, 0.3) is 89.4 Å². The molecule has 0 saturated carbocycles. The van der Waals surface area contributed by atoms with Gasteiger partial charge in [0.15, 0.2) is 0 Å². The molecule has 0 aliphatic heterocycles. The van der Waals surface area contributed by atoms with E-state index < -0.39 is 0 Å². The number of para-hydroxylation sites is 1. The van der Waals surface area contributed by atoms with Crippen LogP contribution >= 0.6 is 0 Å². The highest BCUT2D eigenvalue weighted by molar-refractivity contribution is 6.21. The number of hydrogen-bond acceptors (Lipinski definition) is 1. The molecule has 0 spiro atoms. The van der Waals surface area contributed by atoms with Crippen molar-refractivity contribution in [2.45, 2.75) is 6.92 Å². The van der Waals surface area contributed by atoms with Gasteiger partial charge >= 0.3 is 0 Å². The van der Waals surface area contributed by atoms with Crippen LogP contribution in [0.2, 0.25) is 0 Å². The molecule has 1 nitrogen and oxygen atoms in total. The van der Waals surface area contributed by atoms with Crippen LogP contribution in [0, 0.1) is 0 Å². The van der Waals surface area contributed by atoms with Gasteiger partial charge in [0.1, 0.15) is 11.2 Å². The van der Waals surface area contributed by atoms with Gasteiger partial charge in [0.2, 0.25) is 0 Å². The van der Waals surface area contributed by atoms with Gasteiger partial charge in [-0.25, -0.2) is 0 Å². The Morgan fingerprint density at radius 3 is 1.70 bits per heavy atom. The second-order valence-corrected chi connectivity index (χ2v) is 11.6. The summed E-state index contributed by atoms with van der Waals surface area (Å²) in [6, 6.07) is 51.6. The third kappa shape index (κ3) is 4.48. The van der Waals surface area contributed by atoms with Crippen LogP contribution in [0.15, 0.2) is 163 Å².